The highest BCUT2D eigenvalue weighted by Gasteiger charge is 2.18. The Bertz CT molecular complexity index is 272. The van der Waals surface area contributed by atoms with Crippen molar-refractivity contribution in [3.05, 3.63) is 31.2 Å². The first-order valence-corrected chi connectivity index (χ1v) is 4.78. The minimum absolute atomic E-state index is 0.139. The molecule has 1 aliphatic heterocycles. The van der Waals surface area contributed by atoms with Gasteiger partial charge in [-0.1, -0.05) is 0 Å². The van der Waals surface area contributed by atoms with Crippen LogP contribution >= 0.6 is 0 Å². The Balaban J connectivity index is 2.03. The van der Waals surface area contributed by atoms with Crippen LogP contribution in [0.15, 0.2) is 18.7 Å². The van der Waals surface area contributed by atoms with E-state index in [4.69, 9.17) is 4.74 Å². The molecule has 0 bridgehead atoms. The van der Waals surface area contributed by atoms with E-state index in [9.17, 15) is 0 Å². The van der Waals surface area contributed by atoms with Gasteiger partial charge in [0.1, 0.15) is 6.33 Å². The second kappa shape index (κ2) is 4.48. The summed E-state index contributed by atoms with van der Waals surface area (Å²) in [5.41, 5.74) is 1.06. The molecule has 1 saturated heterocycles. The maximum atomic E-state index is 5.29. The van der Waals surface area contributed by atoms with E-state index in [0.717, 1.165) is 31.9 Å². The molecule has 75 valence electrons. The zero-order chi connectivity index (χ0) is 9.80. The fourth-order valence-corrected chi connectivity index (χ4v) is 1.58. The summed E-state index contributed by atoms with van der Waals surface area (Å²) in [7, 11) is 0. The molecule has 2 heterocycles. The number of hydrogen-bond acceptors (Lipinski definition) is 4. The molecule has 4 nitrogen and oxygen atoms in total. The van der Waals surface area contributed by atoms with E-state index >= 15 is 0 Å². The molecule has 14 heavy (non-hydrogen) atoms. The molecule has 2 rings (SSSR count). The van der Waals surface area contributed by atoms with Crippen molar-refractivity contribution in [2.24, 2.45) is 0 Å². The lowest BCUT2D eigenvalue weighted by Gasteiger charge is -2.31. The maximum Gasteiger partial charge on any atom is 0.115 e. The van der Waals surface area contributed by atoms with E-state index in [1.165, 1.54) is 6.33 Å². The minimum atomic E-state index is 0.139. The van der Waals surface area contributed by atoms with Gasteiger partial charge in [-0.15, -0.1) is 0 Å². The summed E-state index contributed by atoms with van der Waals surface area (Å²) in [6.45, 7) is 7.57. The molecule has 0 N–H and O–H groups in total. The van der Waals surface area contributed by atoms with Gasteiger partial charge in [-0.2, -0.15) is 0 Å². The lowest BCUT2D eigenvalue weighted by atomic mass is 10.1. The van der Waals surface area contributed by atoms with E-state index in [-0.39, 0.29) is 6.04 Å². The number of aromatic nitrogens is 2. The molecule has 1 aliphatic rings. The van der Waals surface area contributed by atoms with Crippen LogP contribution < -0.4 is 0 Å². The smallest absolute Gasteiger partial charge is 0.115 e. The first-order chi connectivity index (χ1) is 6.88. The molecular weight excluding hydrogens is 178 g/mol. The highest BCUT2D eigenvalue weighted by molar-refractivity contribution is 5.10. The van der Waals surface area contributed by atoms with E-state index in [1.54, 1.807) is 0 Å². The number of ether oxygens (including phenoxy) is 1. The topological polar surface area (TPSA) is 38.2 Å². The van der Waals surface area contributed by atoms with E-state index in [2.05, 4.69) is 21.8 Å². The van der Waals surface area contributed by atoms with Crippen molar-refractivity contribution in [1.82, 2.24) is 14.9 Å². The van der Waals surface area contributed by atoms with Crippen LogP contribution in [-0.2, 0) is 4.74 Å². The summed E-state index contributed by atoms with van der Waals surface area (Å²) in [4.78, 5) is 10.3. The van der Waals surface area contributed by atoms with Crippen LogP contribution in [0.1, 0.15) is 11.6 Å². The second-order valence-corrected chi connectivity index (χ2v) is 3.34. The Labute approximate surface area is 83.9 Å². The van der Waals surface area contributed by atoms with Crippen LogP contribution in [-0.4, -0.2) is 41.2 Å². The highest BCUT2D eigenvalue weighted by atomic mass is 16.5. The third-order valence-electron chi connectivity index (χ3n) is 2.45. The Kier molecular flexibility index (Phi) is 3.06. The quantitative estimate of drug-likeness (QED) is 0.690. The summed E-state index contributed by atoms with van der Waals surface area (Å²) >= 11 is 0. The van der Waals surface area contributed by atoms with Gasteiger partial charge in [-0.3, -0.25) is 4.90 Å². The SMILES string of the molecule is [CH2]C(c1cncnc1)N1CCOCC1. The fourth-order valence-electron chi connectivity index (χ4n) is 1.58. The molecule has 4 heteroatoms. The van der Waals surface area contributed by atoms with E-state index < -0.39 is 0 Å². The van der Waals surface area contributed by atoms with Gasteiger partial charge in [0.05, 0.1) is 13.2 Å². The van der Waals surface area contributed by atoms with Crippen molar-refractivity contribution in [3.8, 4) is 0 Å². The number of nitrogens with zero attached hydrogens (tertiary/aromatic N) is 3. The Morgan fingerprint density at radius 2 is 1.93 bits per heavy atom. The third kappa shape index (κ3) is 2.08. The van der Waals surface area contributed by atoms with Crippen molar-refractivity contribution in [2.75, 3.05) is 26.3 Å². The number of morpholine rings is 1. The molecule has 1 atom stereocenters. The molecular formula is C10H14N3O. The van der Waals surface area contributed by atoms with Crippen LogP contribution in [0.3, 0.4) is 0 Å². The van der Waals surface area contributed by atoms with Crippen molar-refractivity contribution in [1.29, 1.82) is 0 Å². The lowest BCUT2D eigenvalue weighted by Crippen LogP contribution is -2.38. The zero-order valence-corrected chi connectivity index (χ0v) is 8.09. The predicted octanol–water partition coefficient (Wildman–Crippen LogP) is 0.684. The molecule has 1 unspecified atom stereocenters. The zero-order valence-electron chi connectivity index (χ0n) is 8.09. The molecule has 1 fully saturated rings. The lowest BCUT2D eigenvalue weighted by molar-refractivity contribution is 0.0246. The average molecular weight is 192 g/mol. The van der Waals surface area contributed by atoms with Crippen LogP contribution in [0.25, 0.3) is 0 Å². The molecule has 0 aliphatic carbocycles. The Hall–Kier alpha value is -1.00. The van der Waals surface area contributed by atoms with Crippen LogP contribution in [0.5, 0.6) is 0 Å². The van der Waals surface area contributed by atoms with E-state index in [0.29, 0.717) is 0 Å². The number of rotatable bonds is 2. The van der Waals surface area contributed by atoms with Gasteiger partial charge in [-0.05, 0) is 6.92 Å². The Morgan fingerprint density at radius 1 is 1.29 bits per heavy atom. The largest absolute Gasteiger partial charge is 0.379 e. The number of hydrogen-bond donors (Lipinski definition) is 0. The first kappa shape index (κ1) is 9.55. The van der Waals surface area contributed by atoms with Gasteiger partial charge in [0, 0.05) is 37.1 Å². The van der Waals surface area contributed by atoms with Gasteiger partial charge < -0.3 is 4.74 Å². The third-order valence-corrected chi connectivity index (χ3v) is 2.45. The molecule has 1 aromatic rings. The predicted molar refractivity (Wildman–Crippen MR) is 52.5 cm³/mol. The summed E-state index contributed by atoms with van der Waals surface area (Å²) < 4.78 is 5.29. The molecule has 1 aromatic heterocycles. The summed E-state index contributed by atoms with van der Waals surface area (Å²) in [5, 5.41) is 0. The summed E-state index contributed by atoms with van der Waals surface area (Å²) in [5.74, 6) is 0. The van der Waals surface area contributed by atoms with Crippen molar-refractivity contribution < 1.29 is 4.74 Å². The highest BCUT2D eigenvalue weighted by Crippen LogP contribution is 2.18. The van der Waals surface area contributed by atoms with E-state index in [1.807, 2.05) is 12.4 Å². The van der Waals surface area contributed by atoms with Gasteiger partial charge in [-0.25, -0.2) is 9.97 Å². The van der Waals surface area contributed by atoms with Crippen LogP contribution in [0.4, 0.5) is 0 Å². The van der Waals surface area contributed by atoms with Gasteiger partial charge in [0.25, 0.3) is 0 Å². The maximum absolute atomic E-state index is 5.29. The van der Waals surface area contributed by atoms with Gasteiger partial charge in [0.15, 0.2) is 0 Å². The van der Waals surface area contributed by atoms with Crippen molar-refractivity contribution in [2.45, 2.75) is 6.04 Å². The van der Waals surface area contributed by atoms with Crippen LogP contribution in [0, 0.1) is 6.92 Å². The van der Waals surface area contributed by atoms with Gasteiger partial charge >= 0.3 is 0 Å². The van der Waals surface area contributed by atoms with Gasteiger partial charge in [0.2, 0.25) is 0 Å². The molecule has 0 aromatic carbocycles. The molecule has 0 saturated carbocycles. The fraction of sp³-hybridized carbons (Fsp3) is 0.500. The first-order valence-electron chi connectivity index (χ1n) is 4.78. The molecule has 0 spiro atoms. The normalized spacial score (nSPS) is 20.6. The van der Waals surface area contributed by atoms with Crippen molar-refractivity contribution >= 4 is 0 Å². The summed E-state index contributed by atoms with van der Waals surface area (Å²) in [6, 6.07) is 0.139. The molecule has 0 amide bonds. The monoisotopic (exact) mass is 192 g/mol. The standard InChI is InChI=1S/C10H14N3O/c1-9(10-6-11-8-12-7-10)13-2-4-14-5-3-13/h6-9H,1-5H2. The average Bonchev–Trinajstić information content (AvgIpc) is 2.30. The van der Waals surface area contributed by atoms with Crippen LogP contribution in [0.2, 0.25) is 0 Å². The minimum Gasteiger partial charge on any atom is -0.379 e. The Morgan fingerprint density at radius 3 is 2.57 bits per heavy atom. The summed E-state index contributed by atoms with van der Waals surface area (Å²) in [6.07, 6.45) is 5.18. The second-order valence-electron chi connectivity index (χ2n) is 3.34. The van der Waals surface area contributed by atoms with Crippen molar-refractivity contribution in [3.63, 3.8) is 0 Å². The molecule has 1 radical (unpaired) electrons.